The number of rotatable bonds is 3. The maximum Gasteiger partial charge on any atom is 0.237 e. The molecule has 66 valence electrons. The van der Waals surface area contributed by atoms with Crippen LogP contribution in [0.4, 0.5) is 0 Å². The summed E-state index contributed by atoms with van der Waals surface area (Å²) < 4.78 is 0. The monoisotopic (exact) mass is 218 g/mol. The second kappa shape index (κ2) is 4.90. The number of aryl methyl sites for hydroxylation is 2. The summed E-state index contributed by atoms with van der Waals surface area (Å²) in [5.74, 6) is 0. The molecule has 0 atom stereocenters. The molecular weight excluding hydrogens is 207 g/mol. The molecule has 0 aromatic heterocycles. The summed E-state index contributed by atoms with van der Waals surface area (Å²) in [4.78, 5) is 0. The molecule has 0 aliphatic heterocycles. The highest BCUT2D eigenvalue weighted by Crippen LogP contribution is 2.10. The van der Waals surface area contributed by atoms with Crippen molar-refractivity contribution in [3.05, 3.63) is 35.4 Å². The Kier molecular flexibility index (Phi) is 4.13. The summed E-state index contributed by atoms with van der Waals surface area (Å²) in [6.07, 6.45) is 1.02. The lowest BCUT2D eigenvalue weighted by atomic mass is 10.1. The Labute approximate surface area is 84.5 Å². The molecule has 1 rings (SSSR count). The Hall–Kier alpha value is 0.0169. The van der Waals surface area contributed by atoms with Gasteiger partial charge < -0.3 is 0 Å². The standard InChI is InChI=1S/C9H12Cl2Si/c1-8-2-4-9(5-3-8)6-7-12(10)11/h2-5,12H,6-7H2,1H3. The molecule has 0 fully saturated rings. The zero-order valence-electron chi connectivity index (χ0n) is 7.06. The lowest BCUT2D eigenvalue weighted by Gasteiger charge is -2.00. The van der Waals surface area contributed by atoms with Gasteiger partial charge in [0.2, 0.25) is 7.42 Å². The van der Waals surface area contributed by atoms with Gasteiger partial charge in [-0.3, -0.25) is 0 Å². The molecule has 0 amide bonds. The van der Waals surface area contributed by atoms with Gasteiger partial charge in [0.15, 0.2) is 0 Å². The highest BCUT2D eigenvalue weighted by Gasteiger charge is 2.01. The minimum atomic E-state index is -1.41. The SMILES string of the molecule is Cc1ccc(CC[SiH](Cl)Cl)cc1. The number of benzene rings is 1. The van der Waals surface area contributed by atoms with Crippen LogP contribution in [0, 0.1) is 6.92 Å². The molecule has 0 radical (unpaired) electrons. The van der Waals surface area contributed by atoms with E-state index in [9.17, 15) is 0 Å². The van der Waals surface area contributed by atoms with E-state index in [1.54, 1.807) is 0 Å². The van der Waals surface area contributed by atoms with Crippen LogP contribution in [0.5, 0.6) is 0 Å². The summed E-state index contributed by atoms with van der Waals surface area (Å²) in [7, 11) is -1.41. The van der Waals surface area contributed by atoms with E-state index in [0.717, 1.165) is 12.5 Å². The van der Waals surface area contributed by atoms with Crippen LogP contribution in [0.3, 0.4) is 0 Å². The third-order valence-electron chi connectivity index (χ3n) is 1.77. The Bertz CT molecular complexity index is 231. The maximum atomic E-state index is 5.76. The first-order valence-corrected chi connectivity index (χ1v) is 8.33. The van der Waals surface area contributed by atoms with E-state index in [4.69, 9.17) is 22.2 Å². The number of hydrogen-bond donors (Lipinski definition) is 0. The van der Waals surface area contributed by atoms with Crippen LogP contribution in [0.15, 0.2) is 24.3 Å². The van der Waals surface area contributed by atoms with Crippen molar-refractivity contribution >= 4 is 29.6 Å². The first-order chi connectivity index (χ1) is 5.68. The summed E-state index contributed by atoms with van der Waals surface area (Å²) in [5.41, 5.74) is 2.63. The van der Waals surface area contributed by atoms with Gasteiger partial charge in [0.1, 0.15) is 0 Å². The summed E-state index contributed by atoms with van der Waals surface area (Å²) >= 11 is 11.5. The zero-order chi connectivity index (χ0) is 8.97. The Morgan fingerprint density at radius 1 is 1.17 bits per heavy atom. The molecule has 0 spiro atoms. The molecule has 0 saturated heterocycles. The van der Waals surface area contributed by atoms with Crippen molar-refractivity contribution in [3.8, 4) is 0 Å². The van der Waals surface area contributed by atoms with Gasteiger partial charge in [-0.25, -0.2) is 0 Å². The van der Waals surface area contributed by atoms with Crippen LogP contribution in [0.1, 0.15) is 11.1 Å². The molecule has 0 aliphatic carbocycles. The van der Waals surface area contributed by atoms with Crippen molar-refractivity contribution in [1.29, 1.82) is 0 Å². The predicted molar refractivity (Wildman–Crippen MR) is 58.5 cm³/mol. The second-order valence-electron chi connectivity index (χ2n) is 2.92. The van der Waals surface area contributed by atoms with Crippen LogP contribution in [-0.2, 0) is 6.42 Å². The van der Waals surface area contributed by atoms with Gasteiger partial charge in [-0.05, 0) is 25.0 Å². The van der Waals surface area contributed by atoms with Gasteiger partial charge in [0.05, 0.1) is 0 Å². The van der Waals surface area contributed by atoms with Gasteiger partial charge >= 0.3 is 0 Å². The Balaban J connectivity index is 2.48. The molecule has 12 heavy (non-hydrogen) atoms. The highest BCUT2D eigenvalue weighted by molar-refractivity contribution is 7.33. The maximum absolute atomic E-state index is 5.76. The van der Waals surface area contributed by atoms with E-state index in [0.29, 0.717) is 0 Å². The first-order valence-electron chi connectivity index (χ1n) is 4.02. The minimum absolute atomic E-state index is 0.964. The summed E-state index contributed by atoms with van der Waals surface area (Å²) in [6.45, 7) is 2.09. The molecular formula is C9H12Cl2Si. The molecule has 1 aromatic carbocycles. The lowest BCUT2D eigenvalue weighted by Crippen LogP contribution is -1.95. The molecule has 3 heteroatoms. The molecule has 0 saturated carbocycles. The molecule has 0 heterocycles. The molecule has 0 nitrogen and oxygen atoms in total. The van der Waals surface area contributed by atoms with Crippen LogP contribution >= 0.6 is 22.2 Å². The summed E-state index contributed by atoms with van der Waals surface area (Å²) in [6, 6.07) is 9.48. The van der Waals surface area contributed by atoms with Crippen molar-refractivity contribution in [2.24, 2.45) is 0 Å². The van der Waals surface area contributed by atoms with E-state index in [-0.39, 0.29) is 0 Å². The highest BCUT2D eigenvalue weighted by atomic mass is 35.7. The fourth-order valence-electron chi connectivity index (χ4n) is 1.03. The van der Waals surface area contributed by atoms with E-state index < -0.39 is 7.42 Å². The molecule has 1 aromatic rings. The smallest absolute Gasteiger partial charge is 0.150 e. The average molecular weight is 219 g/mol. The second-order valence-corrected chi connectivity index (χ2v) is 8.11. The van der Waals surface area contributed by atoms with Gasteiger partial charge in [-0.2, -0.15) is 22.2 Å². The van der Waals surface area contributed by atoms with E-state index in [1.807, 2.05) is 0 Å². The number of hydrogen-bond acceptors (Lipinski definition) is 0. The van der Waals surface area contributed by atoms with Crippen molar-refractivity contribution in [1.82, 2.24) is 0 Å². The third-order valence-corrected chi connectivity index (χ3v) is 3.81. The van der Waals surface area contributed by atoms with Crippen LogP contribution in [0.25, 0.3) is 0 Å². The first kappa shape index (κ1) is 10.1. The predicted octanol–water partition coefficient (Wildman–Crippen LogP) is 3.24. The van der Waals surface area contributed by atoms with Gasteiger partial charge in [0.25, 0.3) is 0 Å². The zero-order valence-corrected chi connectivity index (χ0v) is 9.72. The van der Waals surface area contributed by atoms with E-state index in [2.05, 4.69) is 31.2 Å². The van der Waals surface area contributed by atoms with E-state index in [1.165, 1.54) is 11.1 Å². The largest absolute Gasteiger partial charge is 0.237 e. The van der Waals surface area contributed by atoms with Gasteiger partial charge in [-0.1, -0.05) is 29.8 Å². The number of halogens is 2. The fraction of sp³-hybridized carbons (Fsp3) is 0.333. The third kappa shape index (κ3) is 3.61. The quantitative estimate of drug-likeness (QED) is 0.540. The fourth-order valence-corrected chi connectivity index (χ4v) is 2.24. The van der Waals surface area contributed by atoms with Crippen LogP contribution < -0.4 is 0 Å². The van der Waals surface area contributed by atoms with Crippen molar-refractivity contribution < 1.29 is 0 Å². The van der Waals surface area contributed by atoms with Crippen LogP contribution in [-0.4, -0.2) is 7.42 Å². The Morgan fingerprint density at radius 3 is 2.25 bits per heavy atom. The van der Waals surface area contributed by atoms with Crippen molar-refractivity contribution in [2.45, 2.75) is 19.4 Å². The van der Waals surface area contributed by atoms with Gasteiger partial charge in [-0.15, -0.1) is 0 Å². The van der Waals surface area contributed by atoms with Crippen molar-refractivity contribution in [3.63, 3.8) is 0 Å². The van der Waals surface area contributed by atoms with Gasteiger partial charge in [0, 0.05) is 0 Å². The molecule has 0 N–H and O–H groups in total. The molecule has 0 bridgehead atoms. The molecule has 0 unspecified atom stereocenters. The average Bonchev–Trinajstić information content (AvgIpc) is 2.03. The molecule has 0 aliphatic rings. The topological polar surface area (TPSA) is 0 Å². The van der Waals surface area contributed by atoms with Crippen molar-refractivity contribution in [2.75, 3.05) is 0 Å². The van der Waals surface area contributed by atoms with Crippen LogP contribution in [0.2, 0.25) is 6.04 Å². The lowest BCUT2D eigenvalue weighted by molar-refractivity contribution is 1.12. The van der Waals surface area contributed by atoms with E-state index >= 15 is 0 Å². The normalized spacial score (nSPS) is 10.7. The summed E-state index contributed by atoms with van der Waals surface area (Å²) in [5, 5.41) is 0. The Morgan fingerprint density at radius 2 is 1.75 bits per heavy atom. The minimum Gasteiger partial charge on any atom is -0.150 e.